The van der Waals surface area contributed by atoms with Crippen molar-refractivity contribution in [1.82, 2.24) is 14.1 Å². The molecular weight excluding hydrogens is 282 g/mol. The number of hydrogen-bond donors (Lipinski definition) is 0. The molecule has 1 saturated heterocycles. The Morgan fingerprint density at radius 1 is 1.40 bits per heavy atom. The third kappa shape index (κ3) is 1.94. The molecule has 1 aliphatic heterocycles. The van der Waals surface area contributed by atoms with Crippen LogP contribution < -0.4 is 4.74 Å². The molecule has 0 aromatic carbocycles. The number of nitrogens with zero attached hydrogens (tertiary/aromatic N) is 3. The van der Waals surface area contributed by atoms with Crippen LogP contribution in [0, 0.1) is 5.41 Å². The van der Waals surface area contributed by atoms with Gasteiger partial charge in [-0.1, -0.05) is 0 Å². The number of methoxy groups -OCH3 is 1. The molecule has 2 heterocycles. The van der Waals surface area contributed by atoms with Gasteiger partial charge in [-0.15, -0.1) is 5.10 Å². The summed E-state index contributed by atoms with van der Waals surface area (Å²) in [5.41, 5.74) is -0.118. The minimum atomic E-state index is -3.56. The van der Waals surface area contributed by atoms with Gasteiger partial charge >= 0.3 is 0 Å². The Bertz CT molecular complexity index is 658. The number of aryl methyl sites for hydroxylation is 1. The molecule has 0 N–H and O–H groups in total. The average Bonchev–Trinajstić information content (AvgIpc) is 2.91. The lowest BCUT2D eigenvalue weighted by molar-refractivity contribution is -0.118. The van der Waals surface area contributed by atoms with E-state index in [0.717, 1.165) is 6.42 Å². The van der Waals surface area contributed by atoms with E-state index in [1.54, 1.807) is 7.05 Å². The van der Waals surface area contributed by atoms with Gasteiger partial charge in [-0.05, 0) is 6.42 Å². The zero-order chi connectivity index (χ0) is 14.5. The minimum Gasteiger partial charge on any atom is -0.480 e. The van der Waals surface area contributed by atoms with Gasteiger partial charge in [0.1, 0.15) is 5.78 Å². The Balaban J connectivity index is 1.80. The van der Waals surface area contributed by atoms with Crippen molar-refractivity contribution < 1.29 is 17.9 Å². The number of sulfonamides is 1. The summed E-state index contributed by atoms with van der Waals surface area (Å²) in [5.74, 6) is 0.515. The van der Waals surface area contributed by atoms with Gasteiger partial charge in [-0.3, -0.25) is 9.48 Å². The Hall–Kier alpha value is -1.41. The summed E-state index contributed by atoms with van der Waals surface area (Å²) >= 11 is 0. The fourth-order valence-corrected chi connectivity index (χ4v) is 4.82. The van der Waals surface area contributed by atoms with E-state index in [9.17, 15) is 13.2 Å². The SMILES string of the molecule is COc1cc(S(=O)(=O)N2CC3(CCC(=O)C3)C2)n(C)n1. The molecule has 8 heteroatoms. The zero-order valence-electron chi connectivity index (χ0n) is 11.5. The molecule has 0 amide bonds. The number of aromatic nitrogens is 2. The molecule has 20 heavy (non-hydrogen) atoms. The van der Waals surface area contributed by atoms with Crippen molar-refractivity contribution in [2.24, 2.45) is 12.5 Å². The van der Waals surface area contributed by atoms with Crippen molar-refractivity contribution in [1.29, 1.82) is 0 Å². The average molecular weight is 299 g/mol. The van der Waals surface area contributed by atoms with Crippen LogP contribution in [0.25, 0.3) is 0 Å². The predicted octanol–water partition coefficient (Wildman–Crippen LogP) is 0.172. The Morgan fingerprint density at radius 3 is 2.60 bits per heavy atom. The molecule has 1 aromatic heterocycles. The van der Waals surface area contributed by atoms with Gasteiger partial charge in [-0.2, -0.15) is 4.31 Å². The molecular formula is C12H17N3O4S. The second kappa shape index (κ2) is 4.29. The smallest absolute Gasteiger partial charge is 0.260 e. The van der Waals surface area contributed by atoms with Crippen molar-refractivity contribution >= 4 is 15.8 Å². The monoisotopic (exact) mass is 299 g/mol. The lowest BCUT2D eigenvalue weighted by Crippen LogP contribution is -2.57. The number of ether oxygens (including phenoxy) is 1. The standard InChI is InChI=1S/C12H17N3O4S/c1-14-11(5-10(13-14)19-2)20(17,18)15-7-12(8-15)4-3-9(16)6-12/h5H,3-4,6-8H2,1-2H3. The molecule has 2 fully saturated rings. The number of rotatable bonds is 3. The highest BCUT2D eigenvalue weighted by Gasteiger charge is 2.52. The van der Waals surface area contributed by atoms with Crippen LogP contribution in [0.3, 0.4) is 0 Å². The summed E-state index contributed by atoms with van der Waals surface area (Å²) in [7, 11) is -0.541. The van der Waals surface area contributed by atoms with E-state index in [0.29, 0.717) is 25.9 Å². The van der Waals surface area contributed by atoms with Gasteiger partial charge in [0.15, 0.2) is 5.03 Å². The molecule has 2 aliphatic rings. The first kappa shape index (κ1) is 13.6. The summed E-state index contributed by atoms with van der Waals surface area (Å²) < 4.78 is 32.7. The van der Waals surface area contributed by atoms with E-state index in [4.69, 9.17) is 4.74 Å². The molecule has 1 saturated carbocycles. The normalized spacial score (nSPS) is 22.2. The Morgan fingerprint density at radius 2 is 2.10 bits per heavy atom. The number of Topliss-reactive ketones (excluding diaryl/α,β-unsaturated/α-hetero) is 1. The Kier molecular flexibility index (Phi) is 2.91. The summed E-state index contributed by atoms with van der Waals surface area (Å²) in [6.07, 6.45) is 1.88. The second-order valence-corrected chi connectivity index (χ2v) is 7.52. The first-order valence-corrected chi connectivity index (χ1v) is 7.90. The fourth-order valence-electron chi connectivity index (χ4n) is 3.04. The lowest BCUT2D eigenvalue weighted by atomic mass is 9.80. The maximum Gasteiger partial charge on any atom is 0.260 e. The van der Waals surface area contributed by atoms with Crippen molar-refractivity contribution in [3.63, 3.8) is 0 Å². The number of hydrogen-bond acceptors (Lipinski definition) is 5. The highest BCUT2D eigenvalue weighted by molar-refractivity contribution is 7.89. The maximum absolute atomic E-state index is 12.5. The first-order chi connectivity index (χ1) is 9.36. The van der Waals surface area contributed by atoms with Crippen LogP contribution in [-0.4, -0.2) is 48.5 Å². The predicted molar refractivity (Wildman–Crippen MR) is 69.8 cm³/mol. The van der Waals surface area contributed by atoms with Crippen LogP contribution in [-0.2, 0) is 21.9 Å². The van der Waals surface area contributed by atoms with E-state index in [1.165, 1.54) is 22.2 Å². The Labute approximate surface area is 117 Å². The summed E-state index contributed by atoms with van der Waals surface area (Å²) in [6.45, 7) is 0.850. The highest BCUT2D eigenvalue weighted by atomic mass is 32.2. The molecule has 1 aliphatic carbocycles. The second-order valence-electron chi connectivity index (χ2n) is 5.64. The molecule has 1 aromatic rings. The number of ketones is 1. The third-order valence-corrected chi connectivity index (χ3v) is 6.01. The molecule has 1 spiro atoms. The first-order valence-electron chi connectivity index (χ1n) is 6.46. The van der Waals surface area contributed by atoms with E-state index in [2.05, 4.69) is 5.10 Å². The quantitative estimate of drug-likeness (QED) is 0.795. The summed E-state index contributed by atoms with van der Waals surface area (Å²) in [6, 6.07) is 1.42. The van der Waals surface area contributed by atoms with Crippen LogP contribution in [0.2, 0.25) is 0 Å². The van der Waals surface area contributed by atoms with Crippen molar-refractivity contribution in [2.75, 3.05) is 20.2 Å². The van der Waals surface area contributed by atoms with Crippen molar-refractivity contribution in [3.8, 4) is 5.88 Å². The van der Waals surface area contributed by atoms with E-state index >= 15 is 0 Å². The van der Waals surface area contributed by atoms with Crippen LogP contribution in [0.5, 0.6) is 5.88 Å². The van der Waals surface area contributed by atoms with E-state index in [1.807, 2.05) is 0 Å². The van der Waals surface area contributed by atoms with Crippen LogP contribution in [0.1, 0.15) is 19.3 Å². The highest BCUT2D eigenvalue weighted by Crippen LogP contribution is 2.45. The molecule has 7 nitrogen and oxygen atoms in total. The summed E-state index contributed by atoms with van der Waals surface area (Å²) in [5, 5.41) is 4.09. The van der Waals surface area contributed by atoms with Gasteiger partial charge in [0, 0.05) is 44.5 Å². The summed E-state index contributed by atoms with van der Waals surface area (Å²) in [4.78, 5) is 11.4. The van der Waals surface area contributed by atoms with Gasteiger partial charge in [0.25, 0.3) is 10.0 Å². The third-order valence-electron chi connectivity index (χ3n) is 4.16. The maximum atomic E-state index is 12.5. The molecule has 0 radical (unpaired) electrons. The van der Waals surface area contributed by atoms with Crippen LogP contribution >= 0.6 is 0 Å². The number of carbonyl (C=O) groups excluding carboxylic acids is 1. The van der Waals surface area contributed by atoms with Crippen LogP contribution in [0.15, 0.2) is 11.1 Å². The fraction of sp³-hybridized carbons (Fsp3) is 0.667. The molecule has 110 valence electrons. The molecule has 3 rings (SSSR count). The lowest BCUT2D eigenvalue weighted by Gasteiger charge is -2.46. The molecule has 0 atom stereocenters. The van der Waals surface area contributed by atoms with Gasteiger partial charge in [-0.25, -0.2) is 8.42 Å². The van der Waals surface area contributed by atoms with Crippen molar-refractivity contribution in [2.45, 2.75) is 24.3 Å². The topological polar surface area (TPSA) is 81.5 Å². The van der Waals surface area contributed by atoms with Gasteiger partial charge < -0.3 is 4.74 Å². The van der Waals surface area contributed by atoms with E-state index < -0.39 is 10.0 Å². The molecule has 0 unspecified atom stereocenters. The number of carbonyl (C=O) groups is 1. The van der Waals surface area contributed by atoms with Crippen LogP contribution in [0.4, 0.5) is 0 Å². The largest absolute Gasteiger partial charge is 0.480 e. The van der Waals surface area contributed by atoms with Gasteiger partial charge in [0.05, 0.1) is 7.11 Å². The van der Waals surface area contributed by atoms with Crippen molar-refractivity contribution in [3.05, 3.63) is 6.07 Å². The minimum absolute atomic E-state index is 0.118. The zero-order valence-corrected chi connectivity index (χ0v) is 12.3. The van der Waals surface area contributed by atoms with Gasteiger partial charge in [0.2, 0.25) is 5.88 Å². The van der Waals surface area contributed by atoms with E-state index in [-0.39, 0.29) is 22.1 Å². The molecule has 0 bridgehead atoms.